The highest BCUT2D eigenvalue weighted by Crippen LogP contribution is 2.25. The van der Waals surface area contributed by atoms with E-state index >= 15 is 0 Å². The van der Waals surface area contributed by atoms with Gasteiger partial charge in [0, 0.05) is 6.04 Å². The Kier molecular flexibility index (Phi) is 4.22. The van der Waals surface area contributed by atoms with Crippen molar-refractivity contribution in [3.05, 3.63) is 24.2 Å². The molecule has 1 aliphatic carbocycles. The summed E-state index contributed by atoms with van der Waals surface area (Å²) in [7, 11) is 0. The first-order valence-corrected chi connectivity index (χ1v) is 6.50. The summed E-state index contributed by atoms with van der Waals surface area (Å²) in [6.45, 7) is 2.10. The molecule has 1 fully saturated rings. The van der Waals surface area contributed by atoms with E-state index in [9.17, 15) is 5.26 Å². The predicted octanol–water partition coefficient (Wildman–Crippen LogP) is 3.40. The topological polar surface area (TPSA) is 49.0 Å². The van der Waals surface area contributed by atoms with Crippen molar-refractivity contribution in [3.63, 3.8) is 0 Å². The molecule has 1 N–H and O–H groups in total. The number of nitrogens with zero attached hydrogens (tertiary/aromatic N) is 1. The molecule has 1 aliphatic rings. The lowest BCUT2D eigenvalue weighted by molar-refractivity contribution is 0.332. The summed E-state index contributed by atoms with van der Waals surface area (Å²) in [5.41, 5.74) is 0. The fraction of sp³-hybridized carbons (Fsp3) is 0.643. The molecule has 0 aliphatic heterocycles. The van der Waals surface area contributed by atoms with E-state index in [0.717, 1.165) is 18.6 Å². The van der Waals surface area contributed by atoms with E-state index in [0.29, 0.717) is 6.04 Å². The van der Waals surface area contributed by atoms with Crippen molar-refractivity contribution >= 4 is 0 Å². The van der Waals surface area contributed by atoms with Crippen LogP contribution in [0.25, 0.3) is 0 Å². The van der Waals surface area contributed by atoms with Crippen LogP contribution in [0.2, 0.25) is 0 Å². The van der Waals surface area contributed by atoms with Gasteiger partial charge in [0.05, 0.1) is 24.3 Å². The maximum absolute atomic E-state index is 9.22. The summed E-state index contributed by atoms with van der Waals surface area (Å²) < 4.78 is 5.39. The average molecular weight is 232 g/mol. The van der Waals surface area contributed by atoms with Gasteiger partial charge in [-0.25, -0.2) is 0 Å². The third-order valence-corrected chi connectivity index (χ3v) is 3.62. The first-order valence-electron chi connectivity index (χ1n) is 6.50. The van der Waals surface area contributed by atoms with Crippen molar-refractivity contribution in [3.8, 4) is 6.07 Å². The third kappa shape index (κ3) is 3.10. The summed E-state index contributed by atoms with van der Waals surface area (Å²) in [6.07, 6.45) is 7.49. The SMILES string of the molecule is C[C@@H](NC1CCCCCC1C#N)c1ccco1. The number of rotatable bonds is 3. The Morgan fingerprint density at radius 3 is 2.94 bits per heavy atom. The van der Waals surface area contributed by atoms with Gasteiger partial charge in [-0.15, -0.1) is 0 Å². The lowest BCUT2D eigenvalue weighted by atomic mass is 9.95. The summed E-state index contributed by atoms with van der Waals surface area (Å²) in [5.74, 6) is 1.10. The van der Waals surface area contributed by atoms with E-state index in [1.807, 2.05) is 12.1 Å². The molecule has 3 nitrogen and oxygen atoms in total. The predicted molar refractivity (Wildman–Crippen MR) is 66.2 cm³/mol. The van der Waals surface area contributed by atoms with Gasteiger partial charge in [-0.3, -0.25) is 0 Å². The molecule has 1 saturated carbocycles. The molecule has 0 spiro atoms. The fourth-order valence-corrected chi connectivity index (χ4v) is 2.60. The van der Waals surface area contributed by atoms with Gasteiger partial charge in [0.1, 0.15) is 5.76 Å². The minimum absolute atomic E-state index is 0.148. The quantitative estimate of drug-likeness (QED) is 0.812. The third-order valence-electron chi connectivity index (χ3n) is 3.62. The van der Waals surface area contributed by atoms with E-state index in [1.54, 1.807) is 6.26 Å². The molecule has 1 aromatic rings. The lowest BCUT2D eigenvalue weighted by Crippen LogP contribution is -2.36. The number of nitriles is 1. The van der Waals surface area contributed by atoms with Crippen LogP contribution in [0.1, 0.15) is 50.8 Å². The molecule has 17 heavy (non-hydrogen) atoms. The molecule has 92 valence electrons. The highest BCUT2D eigenvalue weighted by Gasteiger charge is 2.25. The van der Waals surface area contributed by atoms with Crippen LogP contribution in [0.5, 0.6) is 0 Å². The molecule has 0 radical (unpaired) electrons. The van der Waals surface area contributed by atoms with Crippen molar-refractivity contribution in [1.82, 2.24) is 5.32 Å². The van der Waals surface area contributed by atoms with Crippen LogP contribution in [0.3, 0.4) is 0 Å². The first-order chi connectivity index (χ1) is 8.31. The molecular weight excluding hydrogens is 212 g/mol. The second-order valence-corrected chi connectivity index (χ2v) is 4.88. The zero-order valence-electron chi connectivity index (χ0n) is 10.4. The molecule has 0 amide bonds. The zero-order chi connectivity index (χ0) is 12.1. The van der Waals surface area contributed by atoms with E-state index in [4.69, 9.17) is 4.42 Å². The Morgan fingerprint density at radius 2 is 2.24 bits per heavy atom. The molecular formula is C14H20N2O. The first kappa shape index (κ1) is 12.2. The minimum atomic E-state index is 0.148. The number of hydrogen-bond donors (Lipinski definition) is 1. The van der Waals surface area contributed by atoms with Gasteiger partial charge in [-0.05, 0) is 31.9 Å². The van der Waals surface area contributed by atoms with Gasteiger partial charge in [-0.1, -0.05) is 19.3 Å². The van der Waals surface area contributed by atoms with Crippen LogP contribution in [0, 0.1) is 17.2 Å². The van der Waals surface area contributed by atoms with Crippen LogP contribution in [-0.4, -0.2) is 6.04 Å². The number of hydrogen-bond acceptors (Lipinski definition) is 3. The van der Waals surface area contributed by atoms with Crippen LogP contribution in [0.15, 0.2) is 22.8 Å². The Balaban J connectivity index is 1.98. The number of furan rings is 1. The lowest BCUT2D eigenvalue weighted by Gasteiger charge is -2.24. The smallest absolute Gasteiger partial charge is 0.120 e. The minimum Gasteiger partial charge on any atom is -0.468 e. The van der Waals surface area contributed by atoms with Crippen LogP contribution >= 0.6 is 0 Å². The van der Waals surface area contributed by atoms with E-state index < -0.39 is 0 Å². The molecule has 2 rings (SSSR count). The zero-order valence-corrected chi connectivity index (χ0v) is 10.4. The summed E-state index contributed by atoms with van der Waals surface area (Å²) in [6, 6.07) is 6.83. The highest BCUT2D eigenvalue weighted by atomic mass is 16.3. The van der Waals surface area contributed by atoms with Gasteiger partial charge in [0.15, 0.2) is 0 Å². The summed E-state index contributed by atoms with van der Waals surface area (Å²) in [5, 5.41) is 12.8. The highest BCUT2D eigenvalue weighted by molar-refractivity contribution is 5.05. The maximum Gasteiger partial charge on any atom is 0.120 e. The van der Waals surface area contributed by atoms with Gasteiger partial charge in [0.25, 0.3) is 0 Å². The molecule has 0 aromatic carbocycles. The Morgan fingerprint density at radius 1 is 1.41 bits per heavy atom. The Labute approximate surface area is 103 Å². The summed E-state index contributed by atoms with van der Waals surface area (Å²) in [4.78, 5) is 0. The molecule has 0 saturated heterocycles. The van der Waals surface area contributed by atoms with E-state index in [-0.39, 0.29) is 12.0 Å². The second kappa shape index (κ2) is 5.88. The molecule has 1 heterocycles. The maximum atomic E-state index is 9.22. The standard InChI is InChI=1S/C14H20N2O/c1-11(14-8-5-9-17-14)16-13-7-4-2-3-6-12(13)10-15/h5,8-9,11-13,16H,2-4,6-7H2,1H3/t11-,12?,13?/m1/s1. The van der Waals surface area contributed by atoms with E-state index in [2.05, 4.69) is 18.3 Å². The fourth-order valence-electron chi connectivity index (χ4n) is 2.60. The molecule has 3 heteroatoms. The van der Waals surface area contributed by atoms with Crippen molar-refractivity contribution in [2.75, 3.05) is 0 Å². The van der Waals surface area contributed by atoms with E-state index in [1.165, 1.54) is 19.3 Å². The monoisotopic (exact) mass is 232 g/mol. The largest absolute Gasteiger partial charge is 0.468 e. The van der Waals surface area contributed by atoms with Crippen LogP contribution in [-0.2, 0) is 0 Å². The Hall–Kier alpha value is -1.27. The van der Waals surface area contributed by atoms with Crippen molar-refractivity contribution in [1.29, 1.82) is 5.26 Å². The molecule has 0 bridgehead atoms. The molecule has 3 atom stereocenters. The van der Waals surface area contributed by atoms with Crippen LogP contribution < -0.4 is 5.32 Å². The van der Waals surface area contributed by atoms with Gasteiger partial charge >= 0.3 is 0 Å². The van der Waals surface area contributed by atoms with Gasteiger partial charge in [0.2, 0.25) is 0 Å². The second-order valence-electron chi connectivity index (χ2n) is 4.88. The van der Waals surface area contributed by atoms with Crippen molar-refractivity contribution < 1.29 is 4.42 Å². The normalized spacial score (nSPS) is 27.1. The summed E-state index contributed by atoms with van der Waals surface area (Å²) >= 11 is 0. The van der Waals surface area contributed by atoms with Gasteiger partial charge < -0.3 is 9.73 Å². The van der Waals surface area contributed by atoms with Gasteiger partial charge in [-0.2, -0.15) is 5.26 Å². The van der Waals surface area contributed by atoms with Crippen molar-refractivity contribution in [2.45, 2.75) is 51.1 Å². The average Bonchev–Trinajstić information content (AvgIpc) is 2.78. The Bertz CT molecular complexity index is 366. The molecule has 2 unspecified atom stereocenters. The van der Waals surface area contributed by atoms with Crippen molar-refractivity contribution in [2.24, 2.45) is 5.92 Å². The van der Waals surface area contributed by atoms with Crippen LogP contribution in [0.4, 0.5) is 0 Å². The number of nitrogens with one attached hydrogen (secondary N) is 1. The molecule has 1 aromatic heterocycles.